The van der Waals surface area contributed by atoms with Crippen molar-refractivity contribution in [2.24, 2.45) is 10.7 Å². The lowest BCUT2D eigenvalue weighted by Gasteiger charge is -2.41. The van der Waals surface area contributed by atoms with Gasteiger partial charge in [0.05, 0.1) is 53.5 Å². The highest BCUT2D eigenvalue weighted by Gasteiger charge is 2.44. The van der Waals surface area contributed by atoms with Crippen molar-refractivity contribution in [1.29, 1.82) is 0 Å². The normalized spacial score (nSPS) is 19.3. The Bertz CT molecular complexity index is 1460. The van der Waals surface area contributed by atoms with Crippen molar-refractivity contribution in [3.63, 3.8) is 0 Å². The molecule has 0 bridgehead atoms. The van der Waals surface area contributed by atoms with Crippen molar-refractivity contribution in [1.82, 2.24) is 15.1 Å². The highest BCUT2D eigenvalue weighted by molar-refractivity contribution is 5.94. The number of ether oxygens (including phenoxy) is 2. The fraction of sp³-hybridized carbons (Fsp3) is 0.486. The van der Waals surface area contributed by atoms with E-state index in [1.807, 2.05) is 44.2 Å². The number of hydrogen-bond donors (Lipinski definition) is 2. The summed E-state index contributed by atoms with van der Waals surface area (Å²) in [7, 11) is 0. The number of aliphatic imine (C=N–C) groups is 1. The van der Waals surface area contributed by atoms with E-state index in [1.165, 1.54) is 12.1 Å². The van der Waals surface area contributed by atoms with E-state index >= 15 is 0 Å². The van der Waals surface area contributed by atoms with Crippen LogP contribution in [-0.4, -0.2) is 97.8 Å². The molecule has 13 nitrogen and oxygen atoms in total. The van der Waals surface area contributed by atoms with Gasteiger partial charge in [-0.05, 0) is 63.4 Å². The monoisotopic (exact) mass is 662 g/mol. The third-order valence-corrected chi connectivity index (χ3v) is 9.15. The second-order valence-electron chi connectivity index (χ2n) is 11.9. The maximum Gasteiger partial charge on any atom is 0.316 e. The minimum atomic E-state index is -0.693. The number of piperidine rings is 1. The number of nitrogens with zero attached hydrogens (tertiary/aromatic N) is 4. The van der Waals surface area contributed by atoms with Gasteiger partial charge in [0.15, 0.2) is 0 Å². The summed E-state index contributed by atoms with van der Waals surface area (Å²) in [6, 6.07) is 15.4. The molecule has 2 heterocycles. The van der Waals surface area contributed by atoms with Gasteiger partial charge in [0.25, 0.3) is 5.69 Å². The average Bonchev–Trinajstić information content (AvgIpc) is 3.11. The first-order valence-corrected chi connectivity index (χ1v) is 16.5. The molecule has 13 heteroatoms. The SMILES string of the molecule is CCOC(=O)C1(c2ccccc2)CCN(CCCN(C=O)C2=C(COCCN)N=C(CC)C(NC=O)C2c2ccc([N+](=O)[O-])cc2)CC1. The van der Waals surface area contributed by atoms with Gasteiger partial charge in [-0.1, -0.05) is 49.4 Å². The summed E-state index contributed by atoms with van der Waals surface area (Å²) in [6.45, 7) is 7.19. The van der Waals surface area contributed by atoms with Gasteiger partial charge >= 0.3 is 5.97 Å². The Morgan fingerprint density at radius 1 is 1.15 bits per heavy atom. The summed E-state index contributed by atoms with van der Waals surface area (Å²) in [4.78, 5) is 57.5. The van der Waals surface area contributed by atoms with E-state index in [-0.39, 0.29) is 24.9 Å². The van der Waals surface area contributed by atoms with Crippen LogP contribution in [-0.2, 0) is 29.3 Å². The molecule has 3 N–H and O–H groups in total. The zero-order valence-electron chi connectivity index (χ0n) is 27.7. The number of benzene rings is 2. The van der Waals surface area contributed by atoms with Crippen molar-refractivity contribution < 1.29 is 28.8 Å². The number of hydrogen-bond acceptors (Lipinski definition) is 10. The maximum atomic E-state index is 13.2. The number of amides is 2. The third-order valence-electron chi connectivity index (χ3n) is 9.15. The standard InChI is InChI=1S/C35H46N6O7/c1-3-29-32(37-24-42)31(26-11-13-28(14-12-26)41(45)46)33(30(38-29)23-47-22-17-36)40(25-43)19-8-18-39-20-15-35(16-21-39,34(44)48-4-2)27-9-6-5-7-10-27/h5-7,9-14,24-25,31-32H,3-4,8,15-23,36H2,1-2H3,(H,37,42). The van der Waals surface area contributed by atoms with Crippen molar-refractivity contribution in [3.05, 3.63) is 87.2 Å². The molecule has 1 saturated heterocycles. The lowest BCUT2D eigenvalue weighted by atomic mass is 9.72. The van der Waals surface area contributed by atoms with Gasteiger partial charge in [0.2, 0.25) is 12.8 Å². The second kappa shape index (κ2) is 17.6. The van der Waals surface area contributed by atoms with Crippen LogP contribution in [0.25, 0.3) is 0 Å². The van der Waals surface area contributed by atoms with E-state index < -0.39 is 22.3 Å². The van der Waals surface area contributed by atoms with Crippen LogP contribution in [0.2, 0.25) is 0 Å². The van der Waals surface area contributed by atoms with Gasteiger partial charge in [-0.25, -0.2) is 0 Å². The van der Waals surface area contributed by atoms with Crippen LogP contribution in [0.3, 0.4) is 0 Å². The fourth-order valence-corrected chi connectivity index (χ4v) is 6.74. The Hall–Kier alpha value is -4.46. The number of rotatable bonds is 18. The van der Waals surface area contributed by atoms with Crippen LogP contribution >= 0.6 is 0 Å². The molecule has 0 aromatic heterocycles. The molecular weight excluding hydrogens is 616 g/mol. The molecule has 0 radical (unpaired) electrons. The second-order valence-corrected chi connectivity index (χ2v) is 11.9. The smallest absolute Gasteiger partial charge is 0.316 e. The summed E-state index contributed by atoms with van der Waals surface area (Å²) < 4.78 is 11.3. The van der Waals surface area contributed by atoms with Crippen LogP contribution in [0.15, 0.2) is 71.0 Å². The van der Waals surface area contributed by atoms with E-state index in [4.69, 9.17) is 20.2 Å². The molecule has 48 heavy (non-hydrogen) atoms. The Morgan fingerprint density at radius 2 is 1.85 bits per heavy atom. The van der Waals surface area contributed by atoms with Gasteiger partial charge < -0.3 is 30.3 Å². The van der Waals surface area contributed by atoms with E-state index in [2.05, 4.69) is 10.2 Å². The molecule has 0 spiro atoms. The first-order chi connectivity index (χ1) is 23.3. The number of esters is 1. The minimum Gasteiger partial charge on any atom is -0.465 e. The zero-order chi connectivity index (χ0) is 34.5. The lowest BCUT2D eigenvalue weighted by molar-refractivity contribution is -0.384. The van der Waals surface area contributed by atoms with Crippen LogP contribution in [0.1, 0.15) is 56.6 Å². The minimum absolute atomic E-state index is 0.0658. The van der Waals surface area contributed by atoms with Gasteiger partial charge in [-0.3, -0.25) is 29.5 Å². The van der Waals surface area contributed by atoms with Crippen molar-refractivity contribution in [2.75, 3.05) is 52.5 Å². The molecule has 2 atom stereocenters. The topological polar surface area (TPSA) is 170 Å². The van der Waals surface area contributed by atoms with Crippen molar-refractivity contribution in [2.45, 2.75) is 56.9 Å². The van der Waals surface area contributed by atoms with Crippen LogP contribution in [0.4, 0.5) is 5.69 Å². The number of carbonyl (C=O) groups excluding carboxylic acids is 3. The number of carbonyl (C=O) groups is 3. The van der Waals surface area contributed by atoms with E-state index in [0.29, 0.717) is 94.1 Å². The zero-order valence-corrected chi connectivity index (χ0v) is 27.7. The number of nitro benzene ring substituents is 1. The number of nitrogens with one attached hydrogen (secondary N) is 1. The Morgan fingerprint density at radius 3 is 2.44 bits per heavy atom. The number of nitro groups is 1. The van der Waals surface area contributed by atoms with Crippen LogP contribution in [0.5, 0.6) is 0 Å². The summed E-state index contributed by atoms with van der Waals surface area (Å²) in [5.74, 6) is -0.754. The van der Waals surface area contributed by atoms with E-state index in [9.17, 15) is 24.5 Å². The summed E-state index contributed by atoms with van der Waals surface area (Å²) in [5, 5.41) is 14.3. The van der Waals surface area contributed by atoms with Gasteiger partial charge in [-0.15, -0.1) is 0 Å². The van der Waals surface area contributed by atoms with Crippen LogP contribution in [0, 0.1) is 10.1 Å². The quantitative estimate of drug-likeness (QED) is 0.0800. The third kappa shape index (κ3) is 8.33. The van der Waals surface area contributed by atoms with E-state index in [1.54, 1.807) is 17.0 Å². The molecule has 2 aliphatic rings. The van der Waals surface area contributed by atoms with Crippen LogP contribution < -0.4 is 11.1 Å². The van der Waals surface area contributed by atoms with Gasteiger partial charge in [-0.2, -0.15) is 0 Å². The molecule has 2 unspecified atom stereocenters. The number of nitrogens with two attached hydrogens (primary N) is 1. The summed E-state index contributed by atoms with van der Waals surface area (Å²) >= 11 is 0. The highest BCUT2D eigenvalue weighted by Crippen LogP contribution is 2.39. The molecule has 258 valence electrons. The maximum absolute atomic E-state index is 13.2. The average molecular weight is 663 g/mol. The predicted octanol–water partition coefficient (Wildman–Crippen LogP) is 3.29. The molecular formula is C35H46N6O7. The molecule has 2 aromatic rings. The van der Waals surface area contributed by atoms with Crippen molar-refractivity contribution in [3.8, 4) is 0 Å². The van der Waals surface area contributed by atoms with Gasteiger partial charge in [0, 0.05) is 30.9 Å². The molecule has 0 saturated carbocycles. The van der Waals surface area contributed by atoms with Gasteiger partial charge in [0.1, 0.15) is 0 Å². The molecule has 0 aliphatic carbocycles. The fourth-order valence-electron chi connectivity index (χ4n) is 6.74. The molecule has 4 rings (SSSR count). The highest BCUT2D eigenvalue weighted by atomic mass is 16.6. The Balaban J connectivity index is 1.58. The molecule has 2 aromatic carbocycles. The predicted molar refractivity (Wildman–Crippen MR) is 181 cm³/mol. The first kappa shape index (κ1) is 36.4. The summed E-state index contributed by atoms with van der Waals surface area (Å²) in [6.07, 6.45) is 3.76. The largest absolute Gasteiger partial charge is 0.465 e. The number of likely N-dealkylation sites (tertiary alicyclic amines) is 1. The summed E-state index contributed by atoms with van der Waals surface area (Å²) in [5.41, 5.74) is 8.37. The molecule has 2 aliphatic heterocycles. The van der Waals surface area contributed by atoms with E-state index in [0.717, 1.165) is 12.0 Å². The lowest BCUT2D eigenvalue weighted by Crippen LogP contribution is -2.49. The molecule has 2 amide bonds. The Kier molecular flexibility index (Phi) is 13.4. The van der Waals surface area contributed by atoms with Crippen molar-refractivity contribution >= 4 is 30.2 Å². The molecule has 1 fully saturated rings. The Labute approximate surface area is 281 Å². The number of non-ortho nitro benzene ring substituents is 1. The first-order valence-electron chi connectivity index (χ1n) is 16.5.